The first-order chi connectivity index (χ1) is 13.4. The van der Waals surface area contributed by atoms with Gasteiger partial charge in [-0.05, 0) is 36.8 Å². The average molecular weight is 405 g/mol. The number of amides is 2. The van der Waals surface area contributed by atoms with Gasteiger partial charge < -0.3 is 20.1 Å². The number of hydrogen-bond donors (Lipinski definition) is 2. The maximum atomic E-state index is 12.0. The summed E-state index contributed by atoms with van der Waals surface area (Å²) < 4.78 is 10.0. The molecular weight excluding hydrogens is 384 g/mol. The Morgan fingerprint density at radius 2 is 1.75 bits per heavy atom. The molecule has 8 heteroatoms. The van der Waals surface area contributed by atoms with Gasteiger partial charge in [-0.2, -0.15) is 0 Å². The molecule has 0 fully saturated rings. The molecule has 2 N–H and O–H groups in total. The van der Waals surface area contributed by atoms with Crippen LogP contribution in [0.5, 0.6) is 5.75 Å². The molecule has 0 aliphatic rings. The summed E-state index contributed by atoms with van der Waals surface area (Å²) in [4.78, 5) is 35.5. The summed E-state index contributed by atoms with van der Waals surface area (Å²) in [5, 5.41) is 5.77. The molecule has 0 aliphatic heterocycles. The summed E-state index contributed by atoms with van der Waals surface area (Å²) in [6.45, 7) is 1.40. The van der Waals surface area contributed by atoms with Gasteiger partial charge in [0.1, 0.15) is 5.75 Å². The van der Waals surface area contributed by atoms with E-state index in [0.29, 0.717) is 22.1 Å². The Morgan fingerprint density at radius 3 is 2.46 bits per heavy atom. The summed E-state index contributed by atoms with van der Waals surface area (Å²) in [7, 11) is 1.50. The molecule has 148 valence electrons. The number of carbonyl (C=O) groups excluding carboxylic acids is 3. The smallest absolute Gasteiger partial charge is 0.306 e. The number of aryl methyl sites for hydroxylation is 1. The fourth-order valence-corrected chi connectivity index (χ4v) is 2.44. The third-order valence-corrected chi connectivity index (χ3v) is 4.16. The van der Waals surface area contributed by atoms with Gasteiger partial charge >= 0.3 is 5.97 Å². The lowest BCUT2D eigenvalue weighted by Gasteiger charge is -2.10. The molecule has 0 spiro atoms. The van der Waals surface area contributed by atoms with Crippen LogP contribution in [0.4, 0.5) is 11.4 Å². The number of methoxy groups -OCH3 is 1. The van der Waals surface area contributed by atoms with Crippen LogP contribution in [0.25, 0.3) is 0 Å². The van der Waals surface area contributed by atoms with Crippen LogP contribution in [0.3, 0.4) is 0 Å². The summed E-state index contributed by atoms with van der Waals surface area (Å²) in [6.07, 6.45) is -0.226. The first-order valence-electron chi connectivity index (χ1n) is 8.53. The van der Waals surface area contributed by atoms with E-state index in [1.807, 2.05) is 6.92 Å². The molecule has 0 atom stereocenters. The zero-order chi connectivity index (χ0) is 20.5. The van der Waals surface area contributed by atoms with E-state index in [9.17, 15) is 14.4 Å². The second-order valence-electron chi connectivity index (χ2n) is 5.92. The molecule has 0 unspecified atom stereocenters. The van der Waals surface area contributed by atoms with E-state index in [2.05, 4.69) is 10.6 Å². The zero-order valence-electron chi connectivity index (χ0n) is 15.6. The predicted molar refractivity (Wildman–Crippen MR) is 107 cm³/mol. The van der Waals surface area contributed by atoms with Crippen molar-refractivity contribution in [2.24, 2.45) is 0 Å². The zero-order valence-corrected chi connectivity index (χ0v) is 16.3. The van der Waals surface area contributed by atoms with E-state index < -0.39 is 18.5 Å². The van der Waals surface area contributed by atoms with E-state index in [4.69, 9.17) is 21.1 Å². The Bertz CT molecular complexity index is 869. The summed E-state index contributed by atoms with van der Waals surface area (Å²) in [5.41, 5.74) is 1.91. The molecule has 0 aromatic heterocycles. The summed E-state index contributed by atoms with van der Waals surface area (Å²) in [6, 6.07) is 12.0. The van der Waals surface area contributed by atoms with Gasteiger partial charge in [-0.1, -0.05) is 29.8 Å². The first kappa shape index (κ1) is 21.2. The van der Waals surface area contributed by atoms with Crippen molar-refractivity contribution in [1.29, 1.82) is 0 Å². The van der Waals surface area contributed by atoms with Crippen LogP contribution in [0.1, 0.15) is 18.4 Å². The van der Waals surface area contributed by atoms with Crippen LogP contribution < -0.4 is 15.4 Å². The third kappa shape index (κ3) is 6.59. The van der Waals surface area contributed by atoms with Gasteiger partial charge in [0.2, 0.25) is 5.91 Å². The van der Waals surface area contributed by atoms with Gasteiger partial charge in [-0.25, -0.2) is 0 Å². The SMILES string of the molecule is COc1ccccc1NC(=O)CCC(=O)OCC(=O)Nc1ccc(C)c(Cl)c1. The number of ether oxygens (including phenoxy) is 2. The molecule has 2 amide bonds. The van der Waals surface area contributed by atoms with E-state index >= 15 is 0 Å². The third-order valence-electron chi connectivity index (χ3n) is 3.76. The molecule has 2 aromatic rings. The van der Waals surface area contributed by atoms with E-state index in [-0.39, 0.29) is 18.7 Å². The topological polar surface area (TPSA) is 93.7 Å². The summed E-state index contributed by atoms with van der Waals surface area (Å²) >= 11 is 5.99. The number of anilines is 2. The lowest BCUT2D eigenvalue weighted by molar-refractivity contribution is -0.147. The molecule has 2 aromatic carbocycles. The van der Waals surface area contributed by atoms with Crippen molar-refractivity contribution in [3.63, 3.8) is 0 Å². The highest BCUT2D eigenvalue weighted by molar-refractivity contribution is 6.31. The van der Waals surface area contributed by atoms with Gasteiger partial charge in [-0.15, -0.1) is 0 Å². The number of halogens is 1. The van der Waals surface area contributed by atoms with Gasteiger partial charge in [0.15, 0.2) is 6.61 Å². The molecule has 0 saturated carbocycles. The van der Waals surface area contributed by atoms with Crippen molar-refractivity contribution >= 4 is 40.8 Å². The van der Waals surface area contributed by atoms with Gasteiger partial charge in [0.05, 0.1) is 19.2 Å². The molecule has 2 rings (SSSR count). The predicted octanol–water partition coefficient (Wildman–Crippen LogP) is 3.56. The molecule has 28 heavy (non-hydrogen) atoms. The Hall–Kier alpha value is -3.06. The minimum Gasteiger partial charge on any atom is -0.495 e. The van der Waals surface area contributed by atoms with Gasteiger partial charge in [-0.3, -0.25) is 14.4 Å². The highest BCUT2D eigenvalue weighted by Crippen LogP contribution is 2.23. The van der Waals surface area contributed by atoms with Crippen LogP contribution in [-0.4, -0.2) is 31.5 Å². The van der Waals surface area contributed by atoms with Crippen LogP contribution in [0, 0.1) is 6.92 Å². The van der Waals surface area contributed by atoms with Crippen LogP contribution in [-0.2, 0) is 19.1 Å². The molecule has 7 nitrogen and oxygen atoms in total. The molecular formula is C20H21ClN2O5. The number of rotatable bonds is 8. The number of hydrogen-bond acceptors (Lipinski definition) is 5. The Labute approximate surface area is 168 Å². The van der Waals surface area contributed by atoms with Gasteiger partial charge in [0.25, 0.3) is 5.91 Å². The highest BCUT2D eigenvalue weighted by Gasteiger charge is 2.12. The average Bonchev–Trinajstić information content (AvgIpc) is 2.68. The van der Waals surface area contributed by atoms with Crippen molar-refractivity contribution in [3.05, 3.63) is 53.1 Å². The van der Waals surface area contributed by atoms with E-state index in [1.165, 1.54) is 7.11 Å². The van der Waals surface area contributed by atoms with E-state index in [0.717, 1.165) is 5.56 Å². The number of carbonyl (C=O) groups is 3. The fraction of sp³-hybridized carbons (Fsp3) is 0.250. The Kier molecular flexibility index (Phi) is 7.83. The van der Waals surface area contributed by atoms with Crippen molar-refractivity contribution in [2.45, 2.75) is 19.8 Å². The summed E-state index contributed by atoms with van der Waals surface area (Å²) in [5.74, 6) is -0.981. The van der Waals surface area contributed by atoms with Crippen molar-refractivity contribution in [3.8, 4) is 5.75 Å². The monoisotopic (exact) mass is 404 g/mol. The lowest BCUT2D eigenvalue weighted by Crippen LogP contribution is -2.21. The Morgan fingerprint density at radius 1 is 1.00 bits per heavy atom. The number of benzene rings is 2. The molecule has 0 heterocycles. The molecule has 0 aliphatic carbocycles. The number of nitrogens with one attached hydrogen (secondary N) is 2. The number of para-hydroxylation sites is 2. The minimum atomic E-state index is -0.646. The van der Waals surface area contributed by atoms with Crippen molar-refractivity contribution < 1.29 is 23.9 Å². The second kappa shape index (κ2) is 10.3. The normalized spacial score (nSPS) is 10.1. The van der Waals surface area contributed by atoms with Crippen LogP contribution in [0.2, 0.25) is 5.02 Å². The maximum absolute atomic E-state index is 12.0. The standard InChI is InChI=1S/C20H21ClN2O5/c1-13-7-8-14(11-15(13)21)22-19(25)12-28-20(26)10-9-18(24)23-16-5-3-4-6-17(16)27-2/h3-8,11H,9-10,12H2,1-2H3,(H,22,25)(H,23,24). The maximum Gasteiger partial charge on any atom is 0.306 e. The van der Waals surface area contributed by atoms with E-state index in [1.54, 1.807) is 42.5 Å². The molecule has 0 bridgehead atoms. The van der Waals surface area contributed by atoms with Crippen molar-refractivity contribution in [1.82, 2.24) is 0 Å². The van der Waals surface area contributed by atoms with Crippen LogP contribution in [0.15, 0.2) is 42.5 Å². The second-order valence-corrected chi connectivity index (χ2v) is 6.33. The minimum absolute atomic E-state index is 0.0773. The molecule has 0 radical (unpaired) electrons. The Balaban J connectivity index is 1.72. The fourth-order valence-electron chi connectivity index (χ4n) is 2.26. The number of esters is 1. The van der Waals surface area contributed by atoms with Gasteiger partial charge in [0, 0.05) is 17.1 Å². The largest absolute Gasteiger partial charge is 0.495 e. The first-order valence-corrected chi connectivity index (χ1v) is 8.91. The lowest BCUT2D eigenvalue weighted by atomic mass is 10.2. The highest BCUT2D eigenvalue weighted by atomic mass is 35.5. The molecule has 0 saturated heterocycles. The van der Waals surface area contributed by atoms with Crippen LogP contribution >= 0.6 is 11.6 Å². The van der Waals surface area contributed by atoms with Crippen molar-refractivity contribution in [2.75, 3.05) is 24.4 Å². The quantitative estimate of drug-likeness (QED) is 0.656.